The van der Waals surface area contributed by atoms with Crippen molar-refractivity contribution in [2.45, 2.75) is 25.7 Å². The fourth-order valence-electron chi connectivity index (χ4n) is 2.59. The van der Waals surface area contributed by atoms with Crippen LogP contribution in [0.5, 0.6) is 0 Å². The molecule has 3 nitrogen and oxygen atoms in total. The molecular formula is C15H20N2O. The van der Waals surface area contributed by atoms with E-state index in [9.17, 15) is 4.79 Å². The summed E-state index contributed by atoms with van der Waals surface area (Å²) in [6.07, 6.45) is 4.85. The highest BCUT2D eigenvalue weighted by molar-refractivity contribution is 5.81. The molecule has 1 aliphatic carbocycles. The number of benzene rings is 1. The van der Waals surface area contributed by atoms with E-state index in [-0.39, 0.29) is 5.91 Å². The first-order chi connectivity index (χ1) is 8.83. The molecule has 3 heteroatoms. The monoisotopic (exact) mass is 244 g/mol. The lowest BCUT2D eigenvalue weighted by molar-refractivity contribution is -0.119. The Bertz CT molecular complexity index is 440. The summed E-state index contributed by atoms with van der Waals surface area (Å²) in [5.41, 5.74) is 2.61. The number of anilines is 1. The lowest BCUT2D eigenvalue weighted by atomic mass is 10.0. The van der Waals surface area contributed by atoms with Crippen molar-refractivity contribution in [1.82, 2.24) is 5.32 Å². The number of aryl methyl sites for hydroxylation is 1. The van der Waals surface area contributed by atoms with Crippen molar-refractivity contribution in [2.24, 2.45) is 5.92 Å². The van der Waals surface area contributed by atoms with Gasteiger partial charge in [0, 0.05) is 18.8 Å². The minimum absolute atomic E-state index is 0.165. The molecule has 1 amide bonds. The average Bonchev–Trinajstić information content (AvgIpc) is 3.21. The smallest absolute Gasteiger partial charge is 0.239 e. The van der Waals surface area contributed by atoms with E-state index in [0.717, 1.165) is 31.8 Å². The summed E-state index contributed by atoms with van der Waals surface area (Å²) in [6.45, 7) is 2.37. The van der Waals surface area contributed by atoms with Gasteiger partial charge in [-0.3, -0.25) is 4.79 Å². The zero-order chi connectivity index (χ0) is 12.4. The Morgan fingerprint density at radius 1 is 1.33 bits per heavy atom. The normalized spacial score (nSPS) is 18.3. The molecule has 2 aliphatic rings. The summed E-state index contributed by atoms with van der Waals surface area (Å²) in [6, 6.07) is 8.43. The number of nitrogens with zero attached hydrogens (tertiary/aromatic N) is 1. The standard InChI is InChI=1S/C15H20N2O/c18-15(16-10-12-7-8-12)11-17-9-3-5-13-4-1-2-6-14(13)17/h1-2,4,6,12H,3,5,7-11H2,(H,16,18). The summed E-state index contributed by atoms with van der Waals surface area (Å²) < 4.78 is 0. The second kappa shape index (κ2) is 5.01. The number of hydrogen-bond donors (Lipinski definition) is 1. The molecule has 18 heavy (non-hydrogen) atoms. The Morgan fingerprint density at radius 2 is 2.17 bits per heavy atom. The lowest BCUT2D eigenvalue weighted by Crippen LogP contribution is -2.40. The van der Waals surface area contributed by atoms with Gasteiger partial charge in [-0.25, -0.2) is 0 Å². The molecule has 0 radical (unpaired) electrons. The molecule has 1 aromatic carbocycles. The Labute approximate surface area is 108 Å². The van der Waals surface area contributed by atoms with E-state index in [4.69, 9.17) is 0 Å². The lowest BCUT2D eigenvalue weighted by Gasteiger charge is -2.30. The topological polar surface area (TPSA) is 32.3 Å². The van der Waals surface area contributed by atoms with Gasteiger partial charge in [-0.05, 0) is 43.2 Å². The number of hydrogen-bond acceptors (Lipinski definition) is 2. The maximum atomic E-state index is 11.9. The zero-order valence-electron chi connectivity index (χ0n) is 10.7. The second-order valence-electron chi connectivity index (χ2n) is 5.40. The third-order valence-corrected chi connectivity index (χ3v) is 3.83. The molecular weight excluding hydrogens is 224 g/mol. The predicted octanol–water partition coefficient (Wildman–Crippen LogP) is 1.97. The highest BCUT2D eigenvalue weighted by Crippen LogP contribution is 2.28. The number of carbonyl (C=O) groups excluding carboxylic acids is 1. The van der Waals surface area contributed by atoms with Gasteiger partial charge in [-0.1, -0.05) is 18.2 Å². The molecule has 0 aromatic heterocycles. The van der Waals surface area contributed by atoms with Crippen LogP contribution in [0.2, 0.25) is 0 Å². The summed E-state index contributed by atoms with van der Waals surface area (Å²) >= 11 is 0. The van der Waals surface area contributed by atoms with Crippen LogP contribution >= 0.6 is 0 Å². The van der Waals surface area contributed by atoms with Gasteiger partial charge in [-0.15, -0.1) is 0 Å². The van der Waals surface area contributed by atoms with Crippen LogP contribution in [0, 0.1) is 5.92 Å². The Morgan fingerprint density at radius 3 is 3.00 bits per heavy atom. The molecule has 0 saturated heterocycles. The van der Waals surface area contributed by atoms with Crippen molar-refractivity contribution in [3.05, 3.63) is 29.8 Å². The van der Waals surface area contributed by atoms with E-state index in [1.807, 2.05) is 0 Å². The van der Waals surface area contributed by atoms with Crippen molar-refractivity contribution in [2.75, 3.05) is 24.5 Å². The highest BCUT2D eigenvalue weighted by atomic mass is 16.2. The number of para-hydroxylation sites is 1. The highest BCUT2D eigenvalue weighted by Gasteiger charge is 2.23. The van der Waals surface area contributed by atoms with Crippen LogP contribution in [0.1, 0.15) is 24.8 Å². The van der Waals surface area contributed by atoms with E-state index >= 15 is 0 Å². The van der Waals surface area contributed by atoms with Crippen LogP contribution in [-0.2, 0) is 11.2 Å². The fourth-order valence-corrected chi connectivity index (χ4v) is 2.59. The van der Waals surface area contributed by atoms with Crippen molar-refractivity contribution in [3.63, 3.8) is 0 Å². The van der Waals surface area contributed by atoms with Crippen LogP contribution in [0.25, 0.3) is 0 Å². The summed E-state index contributed by atoms with van der Waals surface area (Å²) in [5, 5.41) is 3.04. The van der Waals surface area contributed by atoms with Gasteiger partial charge in [0.25, 0.3) is 0 Å². The Balaban J connectivity index is 1.60. The van der Waals surface area contributed by atoms with Crippen LogP contribution < -0.4 is 10.2 Å². The SMILES string of the molecule is O=C(CN1CCCc2ccccc21)NCC1CC1. The predicted molar refractivity (Wildman–Crippen MR) is 72.7 cm³/mol. The van der Waals surface area contributed by atoms with Gasteiger partial charge in [0.05, 0.1) is 6.54 Å². The summed E-state index contributed by atoms with van der Waals surface area (Å²) in [4.78, 5) is 14.1. The van der Waals surface area contributed by atoms with E-state index in [0.29, 0.717) is 6.54 Å². The van der Waals surface area contributed by atoms with Crippen molar-refractivity contribution < 1.29 is 4.79 Å². The average molecular weight is 244 g/mol. The van der Waals surface area contributed by atoms with Crippen molar-refractivity contribution in [1.29, 1.82) is 0 Å². The van der Waals surface area contributed by atoms with E-state index < -0.39 is 0 Å². The molecule has 3 rings (SSSR count). The molecule has 0 atom stereocenters. The van der Waals surface area contributed by atoms with Gasteiger partial charge in [0.15, 0.2) is 0 Å². The van der Waals surface area contributed by atoms with Crippen LogP contribution in [0.15, 0.2) is 24.3 Å². The zero-order valence-corrected chi connectivity index (χ0v) is 10.7. The molecule has 1 aromatic rings. The molecule has 96 valence electrons. The number of amides is 1. The molecule has 1 aliphatic heterocycles. The van der Waals surface area contributed by atoms with E-state index in [1.54, 1.807) is 0 Å². The van der Waals surface area contributed by atoms with Crippen molar-refractivity contribution in [3.8, 4) is 0 Å². The van der Waals surface area contributed by atoms with Crippen LogP contribution in [0.4, 0.5) is 5.69 Å². The molecule has 1 N–H and O–H groups in total. The van der Waals surface area contributed by atoms with Crippen molar-refractivity contribution >= 4 is 11.6 Å². The molecule has 0 unspecified atom stereocenters. The van der Waals surface area contributed by atoms with Crippen LogP contribution in [-0.4, -0.2) is 25.5 Å². The maximum absolute atomic E-state index is 11.9. The fraction of sp³-hybridized carbons (Fsp3) is 0.533. The molecule has 1 fully saturated rings. The first-order valence-electron chi connectivity index (χ1n) is 6.92. The van der Waals surface area contributed by atoms with Crippen LogP contribution in [0.3, 0.4) is 0 Å². The molecule has 0 bridgehead atoms. The molecule has 1 saturated carbocycles. The number of nitrogens with one attached hydrogen (secondary N) is 1. The van der Waals surface area contributed by atoms with Gasteiger partial charge in [0.2, 0.25) is 5.91 Å². The first-order valence-corrected chi connectivity index (χ1v) is 6.92. The summed E-state index contributed by atoms with van der Waals surface area (Å²) in [7, 11) is 0. The quantitative estimate of drug-likeness (QED) is 0.878. The van der Waals surface area contributed by atoms with Gasteiger partial charge >= 0.3 is 0 Å². The van der Waals surface area contributed by atoms with Gasteiger partial charge < -0.3 is 10.2 Å². The maximum Gasteiger partial charge on any atom is 0.239 e. The molecule has 1 heterocycles. The van der Waals surface area contributed by atoms with E-state index in [2.05, 4.69) is 34.5 Å². The largest absolute Gasteiger partial charge is 0.362 e. The minimum atomic E-state index is 0.165. The molecule has 0 spiro atoms. The minimum Gasteiger partial charge on any atom is -0.362 e. The first kappa shape index (κ1) is 11.6. The third kappa shape index (κ3) is 2.66. The Hall–Kier alpha value is -1.51. The van der Waals surface area contributed by atoms with Gasteiger partial charge in [-0.2, -0.15) is 0 Å². The number of rotatable bonds is 4. The van der Waals surface area contributed by atoms with E-state index in [1.165, 1.54) is 24.1 Å². The summed E-state index contributed by atoms with van der Waals surface area (Å²) in [5.74, 6) is 0.918. The Kier molecular flexibility index (Phi) is 3.22. The third-order valence-electron chi connectivity index (χ3n) is 3.83. The number of fused-ring (bicyclic) bond motifs is 1. The second-order valence-corrected chi connectivity index (χ2v) is 5.40. The number of carbonyl (C=O) groups is 1. The van der Waals surface area contributed by atoms with Gasteiger partial charge in [0.1, 0.15) is 0 Å².